The van der Waals surface area contributed by atoms with Gasteiger partial charge in [0, 0.05) is 5.56 Å². The van der Waals surface area contributed by atoms with E-state index in [4.69, 9.17) is 0 Å². The van der Waals surface area contributed by atoms with Crippen molar-refractivity contribution in [3.8, 4) is 0 Å². The Hall–Kier alpha value is -1.11. The summed E-state index contributed by atoms with van der Waals surface area (Å²) in [6.07, 6.45) is 8.33. The van der Waals surface area contributed by atoms with Crippen LogP contribution in [-0.2, 0) is 0 Å². The monoisotopic (exact) mass is 176 g/mol. The van der Waals surface area contributed by atoms with E-state index in [9.17, 15) is 4.79 Å². The Morgan fingerprint density at radius 1 is 0.846 bits per heavy atom. The second-order valence-corrected chi connectivity index (χ2v) is 3.30. The lowest BCUT2D eigenvalue weighted by molar-refractivity contribution is 0.112. The summed E-state index contributed by atoms with van der Waals surface area (Å²) in [7, 11) is 0. The lowest BCUT2D eigenvalue weighted by Crippen LogP contribution is -1.73. The van der Waals surface area contributed by atoms with Gasteiger partial charge in [-0.1, -0.05) is 62.4 Å². The highest BCUT2D eigenvalue weighted by molar-refractivity contribution is 5.74. The molecule has 1 aliphatic carbocycles. The van der Waals surface area contributed by atoms with Crippen molar-refractivity contribution in [2.75, 3.05) is 0 Å². The summed E-state index contributed by atoms with van der Waals surface area (Å²) in [5, 5.41) is 0. The van der Waals surface area contributed by atoms with Gasteiger partial charge in [-0.25, -0.2) is 0 Å². The number of hydrogen-bond donors (Lipinski definition) is 0. The van der Waals surface area contributed by atoms with Crippen molar-refractivity contribution in [2.45, 2.75) is 32.1 Å². The van der Waals surface area contributed by atoms with Crippen molar-refractivity contribution in [1.29, 1.82) is 0 Å². The molecule has 1 saturated carbocycles. The number of benzene rings is 1. The van der Waals surface area contributed by atoms with Crippen LogP contribution in [0.3, 0.4) is 0 Å². The van der Waals surface area contributed by atoms with Crippen molar-refractivity contribution < 1.29 is 4.79 Å². The van der Waals surface area contributed by atoms with Crippen LogP contribution < -0.4 is 0 Å². The Balaban J connectivity index is 0.000000145. The van der Waals surface area contributed by atoms with E-state index in [1.165, 1.54) is 32.1 Å². The molecule has 0 bridgehead atoms. The van der Waals surface area contributed by atoms with Gasteiger partial charge in [0.25, 0.3) is 0 Å². The first-order chi connectivity index (χ1) is 6.43. The van der Waals surface area contributed by atoms with Crippen LogP contribution in [0.25, 0.3) is 0 Å². The van der Waals surface area contributed by atoms with Gasteiger partial charge in [-0.2, -0.15) is 0 Å². The third-order valence-corrected chi connectivity index (χ3v) is 2.19. The lowest BCUT2D eigenvalue weighted by atomic mass is 10.2. The van der Waals surface area contributed by atoms with Crippen molar-refractivity contribution in [3.63, 3.8) is 0 Å². The largest absolute Gasteiger partial charge is 0.298 e. The highest BCUT2D eigenvalue weighted by atomic mass is 16.1. The van der Waals surface area contributed by atoms with Gasteiger partial charge in [0.2, 0.25) is 0 Å². The van der Waals surface area contributed by atoms with E-state index in [2.05, 4.69) is 0 Å². The summed E-state index contributed by atoms with van der Waals surface area (Å²) >= 11 is 0. The summed E-state index contributed by atoms with van der Waals surface area (Å²) in [4.78, 5) is 10.0. The van der Waals surface area contributed by atoms with E-state index >= 15 is 0 Å². The molecule has 0 aliphatic heterocycles. The molecule has 0 spiro atoms. The third-order valence-electron chi connectivity index (χ3n) is 2.19. The maximum absolute atomic E-state index is 10.0. The number of carbonyl (C=O) groups is 1. The predicted octanol–water partition coefficient (Wildman–Crippen LogP) is 3.45. The van der Waals surface area contributed by atoms with E-state index in [1.54, 1.807) is 12.1 Å². The van der Waals surface area contributed by atoms with Crippen molar-refractivity contribution in [1.82, 2.24) is 0 Å². The summed E-state index contributed by atoms with van der Waals surface area (Å²) in [6.45, 7) is 0. The average molecular weight is 176 g/mol. The molecule has 1 heteroatoms. The molecule has 0 saturated heterocycles. The smallest absolute Gasteiger partial charge is 0.150 e. The topological polar surface area (TPSA) is 17.1 Å². The molecule has 0 radical (unpaired) electrons. The third kappa shape index (κ3) is 4.46. The van der Waals surface area contributed by atoms with Crippen LogP contribution in [0.1, 0.15) is 42.5 Å². The van der Waals surface area contributed by atoms with E-state index in [-0.39, 0.29) is 0 Å². The van der Waals surface area contributed by atoms with E-state index in [0.29, 0.717) is 0 Å². The van der Waals surface area contributed by atoms with Crippen LogP contribution in [0.2, 0.25) is 0 Å². The fourth-order valence-electron chi connectivity index (χ4n) is 1.42. The molecule has 1 aromatic rings. The standard InChI is InChI=1S/C7H6O.C5H10/c8-6-7-4-2-1-3-5-7;1-2-4-5-3-1/h1-6H;1-5H2. The van der Waals surface area contributed by atoms with E-state index in [0.717, 1.165) is 11.8 Å². The van der Waals surface area contributed by atoms with Crippen LogP contribution in [0.4, 0.5) is 0 Å². The van der Waals surface area contributed by atoms with Gasteiger partial charge < -0.3 is 0 Å². The normalized spacial score (nSPS) is 14.5. The molecule has 0 aromatic heterocycles. The first kappa shape index (κ1) is 9.97. The molecular formula is C12H16O. The lowest BCUT2D eigenvalue weighted by Gasteiger charge is -1.81. The molecule has 0 N–H and O–H groups in total. The Labute approximate surface area is 79.8 Å². The molecule has 0 amide bonds. The molecule has 2 rings (SSSR count). The highest BCUT2D eigenvalue weighted by Gasteiger charge is 1.95. The minimum absolute atomic E-state index is 0.729. The first-order valence-electron chi connectivity index (χ1n) is 4.94. The molecule has 0 unspecified atom stereocenters. The Bertz CT molecular complexity index is 217. The Kier molecular flexibility index (Phi) is 4.92. The van der Waals surface area contributed by atoms with Crippen LogP contribution in [0.5, 0.6) is 0 Å². The van der Waals surface area contributed by atoms with Crippen molar-refractivity contribution in [2.24, 2.45) is 0 Å². The molecule has 13 heavy (non-hydrogen) atoms. The van der Waals surface area contributed by atoms with Gasteiger partial charge >= 0.3 is 0 Å². The first-order valence-corrected chi connectivity index (χ1v) is 4.94. The zero-order valence-electron chi connectivity index (χ0n) is 7.91. The zero-order valence-corrected chi connectivity index (χ0v) is 7.91. The second kappa shape index (κ2) is 6.41. The molecule has 1 nitrogen and oxygen atoms in total. The van der Waals surface area contributed by atoms with Gasteiger partial charge in [0.05, 0.1) is 0 Å². The summed E-state index contributed by atoms with van der Waals surface area (Å²) in [5.74, 6) is 0. The van der Waals surface area contributed by atoms with Gasteiger partial charge in [0.1, 0.15) is 6.29 Å². The maximum atomic E-state index is 10.0. The molecule has 1 fully saturated rings. The number of aldehydes is 1. The summed E-state index contributed by atoms with van der Waals surface area (Å²) < 4.78 is 0. The Morgan fingerprint density at radius 3 is 1.62 bits per heavy atom. The minimum atomic E-state index is 0.729. The molecule has 0 heterocycles. The van der Waals surface area contributed by atoms with Gasteiger partial charge in [0.15, 0.2) is 0 Å². The quantitative estimate of drug-likeness (QED) is 0.599. The number of rotatable bonds is 1. The van der Waals surface area contributed by atoms with Crippen molar-refractivity contribution >= 4 is 6.29 Å². The van der Waals surface area contributed by atoms with Crippen LogP contribution in [0.15, 0.2) is 30.3 Å². The van der Waals surface area contributed by atoms with E-state index < -0.39 is 0 Å². The number of carbonyl (C=O) groups excluding carboxylic acids is 1. The average Bonchev–Trinajstić information content (AvgIpc) is 2.77. The number of hydrogen-bond acceptors (Lipinski definition) is 1. The predicted molar refractivity (Wildman–Crippen MR) is 54.9 cm³/mol. The molecule has 0 atom stereocenters. The molecule has 1 aromatic carbocycles. The van der Waals surface area contributed by atoms with E-state index in [1.807, 2.05) is 18.2 Å². The SMILES string of the molecule is C1CCCC1.O=Cc1ccccc1. The van der Waals surface area contributed by atoms with Gasteiger partial charge in [-0.05, 0) is 0 Å². The Morgan fingerprint density at radius 2 is 1.31 bits per heavy atom. The second-order valence-electron chi connectivity index (χ2n) is 3.30. The summed E-state index contributed by atoms with van der Waals surface area (Å²) in [5.41, 5.74) is 0.729. The molecule has 70 valence electrons. The highest BCUT2D eigenvalue weighted by Crippen LogP contribution is 2.15. The molecular weight excluding hydrogens is 160 g/mol. The maximum Gasteiger partial charge on any atom is 0.150 e. The minimum Gasteiger partial charge on any atom is -0.298 e. The van der Waals surface area contributed by atoms with Gasteiger partial charge in [-0.3, -0.25) is 4.79 Å². The molecule has 1 aliphatic rings. The fraction of sp³-hybridized carbons (Fsp3) is 0.417. The van der Waals surface area contributed by atoms with Crippen LogP contribution >= 0.6 is 0 Å². The van der Waals surface area contributed by atoms with Crippen molar-refractivity contribution in [3.05, 3.63) is 35.9 Å². The summed E-state index contributed by atoms with van der Waals surface area (Å²) in [6, 6.07) is 9.10. The zero-order chi connectivity index (χ0) is 9.36. The fourth-order valence-corrected chi connectivity index (χ4v) is 1.42. The van der Waals surface area contributed by atoms with Gasteiger partial charge in [-0.15, -0.1) is 0 Å². The van der Waals surface area contributed by atoms with Crippen LogP contribution in [0, 0.1) is 0 Å². The van der Waals surface area contributed by atoms with Crippen LogP contribution in [-0.4, -0.2) is 6.29 Å².